The van der Waals surface area contributed by atoms with Gasteiger partial charge in [-0.25, -0.2) is 0 Å². The van der Waals surface area contributed by atoms with Crippen LogP contribution < -0.4 is 4.90 Å². The Labute approximate surface area is 129 Å². The second-order valence-electron chi connectivity index (χ2n) is 5.75. The van der Waals surface area contributed by atoms with Crippen molar-refractivity contribution in [1.82, 2.24) is 4.90 Å². The Bertz CT molecular complexity index is 754. The number of amides is 1. The maximum absolute atomic E-state index is 12.7. The Hall–Kier alpha value is -2.62. The number of hydrogen-bond donors (Lipinski definition) is 0. The summed E-state index contributed by atoms with van der Waals surface area (Å²) >= 11 is 0. The molecular formula is C18H17N3O. The normalized spacial score (nSPS) is 19.8. The van der Waals surface area contributed by atoms with E-state index in [1.54, 1.807) is 0 Å². The first-order valence-corrected chi connectivity index (χ1v) is 7.54. The fourth-order valence-electron chi connectivity index (χ4n) is 3.12. The molecular weight excluding hydrogens is 274 g/mol. The van der Waals surface area contributed by atoms with E-state index in [4.69, 9.17) is 0 Å². The number of carbonyl (C=O) groups is 1. The Kier molecular flexibility index (Phi) is 2.96. The lowest BCUT2D eigenvalue weighted by molar-refractivity contribution is 0.0818. The predicted octanol–water partition coefficient (Wildman–Crippen LogP) is 2.91. The zero-order valence-corrected chi connectivity index (χ0v) is 12.4. The Balaban J connectivity index is 1.81. The van der Waals surface area contributed by atoms with E-state index in [9.17, 15) is 4.79 Å². The summed E-state index contributed by atoms with van der Waals surface area (Å²) in [6.07, 6.45) is 0. The summed E-state index contributed by atoms with van der Waals surface area (Å²) in [5.74, 6) is 0.837. The third kappa shape index (κ3) is 1.91. The van der Waals surface area contributed by atoms with Gasteiger partial charge in [-0.3, -0.25) is 14.7 Å². The first-order valence-electron chi connectivity index (χ1n) is 7.54. The van der Waals surface area contributed by atoms with E-state index in [2.05, 4.69) is 22.0 Å². The highest BCUT2D eigenvalue weighted by atomic mass is 16.2. The molecule has 110 valence electrons. The molecule has 4 rings (SSSR count). The molecule has 2 aliphatic rings. The number of fused-ring (bicyclic) bond motifs is 2. The predicted molar refractivity (Wildman–Crippen MR) is 87.0 cm³/mol. The quantitative estimate of drug-likeness (QED) is 0.853. The molecule has 0 aliphatic carbocycles. The summed E-state index contributed by atoms with van der Waals surface area (Å²) in [7, 11) is 0. The van der Waals surface area contributed by atoms with E-state index >= 15 is 0 Å². The van der Waals surface area contributed by atoms with Crippen LogP contribution in [0.1, 0.15) is 22.8 Å². The molecule has 1 amide bonds. The van der Waals surface area contributed by atoms with E-state index < -0.39 is 0 Å². The van der Waals surface area contributed by atoms with Crippen molar-refractivity contribution in [2.24, 2.45) is 4.99 Å². The molecule has 0 radical (unpaired) electrons. The number of carbonyl (C=O) groups excluding carboxylic acids is 1. The molecule has 22 heavy (non-hydrogen) atoms. The van der Waals surface area contributed by atoms with E-state index in [0.29, 0.717) is 13.1 Å². The van der Waals surface area contributed by atoms with Gasteiger partial charge in [-0.15, -0.1) is 0 Å². The molecule has 4 nitrogen and oxygen atoms in total. The van der Waals surface area contributed by atoms with Crippen LogP contribution in [0.3, 0.4) is 0 Å². The zero-order chi connectivity index (χ0) is 15.1. The molecule has 0 bridgehead atoms. The average molecular weight is 291 g/mol. The molecule has 1 unspecified atom stereocenters. The topological polar surface area (TPSA) is 35.9 Å². The highest BCUT2D eigenvalue weighted by Gasteiger charge is 2.40. The lowest BCUT2D eigenvalue weighted by Crippen LogP contribution is -2.52. The van der Waals surface area contributed by atoms with Gasteiger partial charge in [0.25, 0.3) is 5.91 Å². The minimum atomic E-state index is 0.0589. The number of hydrogen-bond acceptors (Lipinski definition) is 3. The van der Waals surface area contributed by atoms with Crippen molar-refractivity contribution in [1.29, 1.82) is 0 Å². The van der Waals surface area contributed by atoms with Crippen molar-refractivity contribution in [3.05, 3.63) is 65.7 Å². The second kappa shape index (κ2) is 4.98. The molecule has 0 saturated heterocycles. The van der Waals surface area contributed by atoms with Gasteiger partial charge in [0, 0.05) is 0 Å². The maximum Gasteiger partial charge on any atom is 0.263 e. The SMILES string of the molecule is CC1CN=C2N(Cc3ccccc3)c3ccccc3C(=O)N21. The van der Waals surface area contributed by atoms with Crippen molar-refractivity contribution < 1.29 is 4.79 Å². The molecule has 0 fully saturated rings. The summed E-state index contributed by atoms with van der Waals surface area (Å²) in [4.78, 5) is 21.3. The largest absolute Gasteiger partial charge is 0.307 e. The van der Waals surface area contributed by atoms with Crippen molar-refractivity contribution in [3.63, 3.8) is 0 Å². The van der Waals surface area contributed by atoms with Gasteiger partial charge in [-0.05, 0) is 24.6 Å². The van der Waals surface area contributed by atoms with Crippen LogP contribution in [0.5, 0.6) is 0 Å². The van der Waals surface area contributed by atoms with E-state index in [-0.39, 0.29) is 11.9 Å². The van der Waals surface area contributed by atoms with Gasteiger partial charge < -0.3 is 4.90 Å². The Morgan fingerprint density at radius 3 is 2.64 bits per heavy atom. The maximum atomic E-state index is 12.7. The van der Waals surface area contributed by atoms with Crippen molar-refractivity contribution >= 4 is 17.6 Å². The number of guanidine groups is 1. The number of aliphatic imine (C=N–C) groups is 1. The van der Waals surface area contributed by atoms with Crippen molar-refractivity contribution in [2.45, 2.75) is 19.5 Å². The van der Waals surface area contributed by atoms with Gasteiger partial charge in [-0.1, -0.05) is 42.5 Å². The lowest BCUT2D eigenvalue weighted by atomic mass is 10.1. The molecule has 0 N–H and O–H groups in total. The molecule has 1 atom stereocenters. The highest BCUT2D eigenvalue weighted by molar-refractivity contribution is 6.19. The molecule has 2 aliphatic heterocycles. The fraction of sp³-hybridized carbons (Fsp3) is 0.222. The first-order chi connectivity index (χ1) is 10.8. The lowest BCUT2D eigenvalue weighted by Gasteiger charge is -2.37. The number of benzene rings is 2. The summed E-state index contributed by atoms with van der Waals surface area (Å²) < 4.78 is 0. The van der Waals surface area contributed by atoms with Crippen LogP contribution in [0.25, 0.3) is 0 Å². The van der Waals surface area contributed by atoms with Gasteiger partial charge in [0.1, 0.15) is 0 Å². The minimum absolute atomic E-state index is 0.0589. The van der Waals surface area contributed by atoms with E-state index in [1.165, 1.54) is 5.56 Å². The van der Waals surface area contributed by atoms with Crippen LogP contribution in [0, 0.1) is 0 Å². The summed E-state index contributed by atoms with van der Waals surface area (Å²) in [5.41, 5.74) is 2.90. The molecule has 0 aromatic heterocycles. The van der Waals surface area contributed by atoms with Crippen LogP contribution in [-0.4, -0.2) is 29.4 Å². The van der Waals surface area contributed by atoms with Crippen LogP contribution in [0.15, 0.2) is 59.6 Å². The molecule has 0 spiro atoms. The third-order valence-electron chi connectivity index (χ3n) is 4.22. The highest BCUT2D eigenvalue weighted by Crippen LogP contribution is 2.33. The second-order valence-corrected chi connectivity index (χ2v) is 5.75. The molecule has 2 heterocycles. The van der Waals surface area contributed by atoms with Gasteiger partial charge in [0.2, 0.25) is 5.96 Å². The third-order valence-corrected chi connectivity index (χ3v) is 4.22. The zero-order valence-electron chi connectivity index (χ0n) is 12.4. The van der Waals surface area contributed by atoms with Crippen LogP contribution in [0.4, 0.5) is 5.69 Å². The fourth-order valence-corrected chi connectivity index (χ4v) is 3.12. The van der Waals surface area contributed by atoms with Gasteiger partial charge in [-0.2, -0.15) is 0 Å². The molecule has 4 heteroatoms. The molecule has 2 aromatic rings. The minimum Gasteiger partial charge on any atom is -0.307 e. The average Bonchev–Trinajstić information content (AvgIpc) is 2.94. The standard InChI is InChI=1S/C18H17N3O/c1-13-11-19-18-20(12-14-7-3-2-4-8-14)16-10-6-5-9-15(16)17(22)21(13)18/h2-10,13H,11-12H2,1H3. The number of rotatable bonds is 2. The van der Waals surface area contributed by atoms with Crippen LogP contribution in [0.2, 0.25) is 0 Å². The van der Waals surface area contributed by atoms with Crippen LogP contribution >= 0.6 is 0 Å². The van der Waals surface area contributed by atoms with Gasteiger partial charge >= 0.3 is 0 Å². The summed E-state index contributed by atoms with van der Waals surface area (Å²) in [6.45, 7) is 3.43. The Morgan fingerprint density at radius 1 is 1.09 bits per heavy atom. The summed E-state index contributed by atoms with van der Waals surface area (Å²) in [5, 5.41) is 0. The van der Waals surface area contributed by atoms with E-state index in [0.717, 1.165) is 17.2 Å². The van der Waals surface area contributed by atoms with Gasteiger partial charge in [0.05, 0.1) is 30.4 Å². The summed E-state index contributed by atoms with van der Waals surface area (Å²) in [6, 6.07) is 18.2. The number of nitrogens with zero attached hydrogens (tertiary/aromatic N) is 3. The van der Waals surface area contributed by atoms with Crippen LogP contribution in [-0.2, 0) is 6.54 Å². The molecule has 2 aromatic carbocycles. The Morgan fingerprint density at radius 2 is 1.82 bits per heavy atom. The monoisotopic (exact) mass is 291 g/mol. The van der Waals surface area contributed by atoms with E-state index in [1.807, 2.05) is 54.3 Å². The smallest absolute Gasteiger partial charge is 0.263 e. The van der Waals surface area contributed by atoms with Crippen molar-refractivity contribution in [3.8, 4) is 0 Å². The number of anilines is 1. The van der Waals surface area contributed by atoms with Gasteiger partial charge in [0.15, 0.2) is 0 Å². The first kappa shape index (κ1) is 13.1. The van der Waals surface area contributed by atoms with Crippen molar-refractivity contribution in [2.75, 3.05) is 11.4 Å². The number of para-hydroxylation sites is 1. The molecule has 0 saturated carbocycles.